The van der Waals surface area contributed by atoms with Crippen molar-refractivity contribution in [2.75, 3.05) is 0 Å². The fourth-order valence-electron chi connectivity index (χ4n) is 1.89. The number of nitrogens with one attached hydrogen (secondary N) is 1. The van der Waals surface area contributed by atoms with Crippen molar-refractivity contribution in [3.05, 3.63) is 56.8 Å². The molecule has 0 spiro atoms. The first-order chi connectivity index (χ1) is 9.61. The van der Waals surface area contributed by atoms with E-state index in [2.05, 4.69) is 36.6 Å². The summed E-state index contributed by atoms with van der Waals surface area (Å²) < 4.78 is 0. The Labute approximate surface area is 127 Å². The molecule has 0 aliphatic heterocycles. The number of rotatable bonds is 5. The summed E-state index contributed by atoms with van der Waals surface area (Å²) in [5.41, 5.74) is 6.08. The summed E-state index contributed by atoms with van der Waals surface area (Å²) in [5.74, 6) is 6.84. The molecule has 2 aromatic rings. The van der Waals surface area contributed by atoms with Crippen molar-refractivity contribution in [2.24, 2.45) is 5.84 Å². The molecule has 0 saturated carbocycles. The van der Waals surface area contributed by atoms with Gasteiger partial charge < -0.3 is 0 Å². The van der Waals surface area contributed by atoms with Crippen molar-refractivity contribution in [2.45, 2.75) is 25.4 Å². The Kier molecular flexibility index (Phi) is 5.23. The predicted molar refractivity (Wildman–Crippen MR) is 86.9 cm³/mol. The maximum Gasteiger partial charge on any atom is 0.275 e. The van der Waals surface area contributed by atoms with Gasteiger partial charge in [0.05, 0.1) is 4.88 Å². The second-order valence-corrected chi connectivity index (χ2v) is 6.83. The Bertz CT molecular complexity index is 608. The zero-order valence-electron chi connectivity index (χ0n) is 11.6. The van der Waals surface area contributed by atoms with Crippen LogP contribution in [0.3, 0.4) is 0 Å². The SMILES string of the molecule is Cc1ccccc1CSCc1cc(C(=O)NN)sc1C. The summed E-state index contributed by atoms with van der Waals surface area (Å²) in [4.78, 5) is 13.3. The molecule has 0 fully saturated rings. The molecule has 0 atom stereocenters. The first kappa shape index (κ1) is 15.1. The smallest absolute Gasteiger partial charge is 0.275 e. The van der Waals surface area contributed by atoms with Gasteiger partial charge in [-0.15, -0.1) is 11.3 Å². The molecule has 0 unspecified atom stereocenters. The highest BCUT2D eigenvalue weighted by atomic mass is 32.2. The van der Waals surface area contributed by atoms with E-state index < -0.39 is 0 Å². The summed E-state index contributed by atoms with van der Waals surface area (Å²) in [5, 5.41) is 0. The van der Waals surface area contributed by atoms with E-state index >= 15 is 0 Å². The number of thioether (sulfide) groups is 1. The minimum absolute atomic E-state index is 0.215. The fraction of sp³-hybridized carbons (Fsp3) is 0.267. The van der Waals surface area contributed by atoms with Crippen molar-refractivity contribution in [1.82, 2.24) is 5.43 Å². The summed E-state index contributed by atoms with van der Waals surface area (Å²) in [6, 6.07) is 10.4. The van der Waals surface area contributed by atoms with Gasteiger partial charge in [-0.2, -0.15) is 11.8 Å². The third kappa shape index (κ3) is 3.62. The van der Waals surface area contributed by atoms with Gasteiger partial charge in [0.15, 0.2) is 0 Å². The van der Waals surface area contributed by atoms with Gasteiger partial charge >= 0.3 is 0 Å². The van der Waals surface area contributed by atoms with Crippen molar-refractivity contribution in [3.63, 3.8) is 0 Å². The number of nitrogen functional groups attached to an aromatic ring is 1. The topological polar surface area (TPSA) is 55.1 Å². The molecule has 106 valence electrons. The van der Waals surface area contributed by atoms with Crippen LogP contribution in [0.1, 0.15) is 31.2 Å². The standard InChI is InChI=1S/C15H18N2OS2/c1-10-5-3-4-6-12(10)8-19-9-13-7-14(15(18)17-16)20-11(13)2/h3-7H,8-9,16H2,1-2H3,(H,17,18). The molecule has 20 heavy (non-hydrogen) atoms. The maximum atomic E-state index is 11.5. The summed E-state index contributed by atoms with van der Waals surface area (Å²) >= 11 is 3.36. The van der Waals surface area contributed by atoms with Crippen molar-refractivity contribution < 1.29 is 4.79 Å². The number of hydrogen-bond acceptors (Lipinski definition) is 4. The minimum atomic E-state index is -0.215. The van der Waals surface area contributed by atoms with Gasteiger partial charge in [0, 0.05) is 16.4 Å². The number of carbonyl (C=O) groups is 1. The average molecular weight is 306 g/mol. The van der Waals surface area contributed by atoms with Crippen molar-refractivity contribution in [1.29, 1.82) is 0 Å². The van der Waals surface area contributed by atoms with Crippen LogP contribution >= 0.6 is 23.1 Å². The third-order valence-corrected chi connectivity index (χ3v) is 5.27. The molecule has 0 bridgehead atoms. The van der Waals surface area contributed by atoms with Crippen LogP contribution in [-0.4, -0.2) is 5.91 Å². The molecule has 3 nitrogen and oxygen atoms in total. The molecule has 2 rings (SSSR count). The van der Waals surface area contributed by atoms with Crippen molar-refractivity contribution in [3.8, 4) is 0 Å². The van der Waals surface area contributed by atoms with Crippen LogP contribution < -0.4 is 11.3 Å². The second-order valence-electron chi connectivity index (χ2n) is 4.58. The first-order valence-electron chi connectivity index (χ1n) is 6.34. The number of nitrogens with two attached hydrogens (primary N) is 1. The molecule has 5 heteroatoms. The van der Waals surface area contributed by atoms with E-state index in [0.717, 1.165) is 11.5 Å². The number of benzene rings is 1. The third-order valence-electron chi connectivity index (χ3n) is 3.15. The number of hydrazine groups is 1. The van der Waals surface area contributed by atoms with E-state index in [-0.39, 0.29) is 5.91 Å². The molecule has 0 aliphatic carbocycles. The Balaban J connectivity index is 1.96. The van der Waals surface area contributed by atoms with Crippen LogP contribution in [0.2, 0.25) is 0 Å². The zero-order valence-corrected chi connectivity index (χ0v) is 13.2. The Morgan fingerprint density at radius 1 is 1.25 bits per heavy atom. The maximum absolute atomic E-state index is 11.5. The normalized spacial score (nSPS) is 10.6. The lowest BCUT2D eigenvalue weighted by Crippen LogP contribution is -2.29. The number of aryl methyl sites for hydroxylation is 2. The highest BCUT2D eigenvalue weighted by Gasteiger charge is 2.11. The van der Waals surface area contributed by atoms with Gasteiger partial charge in [0.2, 0.25) is 0 Å². The van der Waals surface area contributed by atoms with Crippen LogP contribution in [0.4, 0.5) is 0 Å². The molecule has 3 N–H and O–H groups in total. The lowest BCUT2D eigenvalue weighted by atomic mass is 10.1. The van der Waals surface area contributed by atoms with E-state index in [9.17, 15) is 4.79 Å². The minimum Gasteiger partial charge on any atom is -0.289 e. The van der Waals surface area contributed by atoms with Crippen LogP contribution in [0, 0.1) is 13.8 Å². The van der Waals surface area contributed by atoms with Crippen LogP contribution in [0.15, 0.2) is 30.3 Å². The van der Waals surface area contributed by atoms with Gasteiger partial charge in [0.1, 0.15) is 0 Å². The van der Waals surface area contributed by atoms with Crippen molar-refractivity contribution >= 4 is 29.0 Å². The van der Waals surface area contributed by atoms with E-state index in [1.807, 2.05) is 24.8 Å². The number of thiophene rings is 1. The highest BCUT2D eigenvalue weighted by molar-refractivity contribution is 7.97. The molecule has 1 amide bonds. The van der Waals surface area contributed by atoms with Gasteiger partial charge in [0.25, 0.3) is 5.91 Å². The monoisotopic (exact) mass is 306 g/mol. The van der Waals surface area contributed by atoms with Gasteiger partial charge in [-0.1, -0.05) is 24.3 Å². The summed E-state index contributed by atoms with van der Waals surface area (Å²) in [7, 11) is 0. The molecule has 0 saturated heterocycles. The van der Waals surface area contributed by atoms with Crippen LogP contribution in [-0.2, 0) is 11.5 Å². The Morgan fingerprint density at radius 3 is 2.65 bits per heavy atom. The lowest BCUT2D eigenvalue weighted by Gasteiger charge is -2.05. The molecule has 0 radical (unpaired) electrons. The zero-order chi connectivity index (χ0) is 14.5. The first-order valence-corrected chi connectivity index (χ1v) is 8.31. The van der Waals surface area contributed by atoms with Gasteiger partial charge in [-0.05, 0) is 36.6 Å². The van der Waals surface area contributed by atoms with Gasteiger partial charge in [-0.25, -0.2) is 5.84 Å². The molecule has 1 heterocycles. The number of hydrogen-bond donors (Lipinski definition) is 2. The quantitative estimate of drug-likeness (QED) is 0.506. The number of amides is 1. The Hall–Kier alpha value is -1.30. The lowest BCUT2D eigenvalue weighted by molar-refractivity contribution is 0.0957. The molecular formula is C15H18N2OS2. The highest BCUT2D eigenvalue weighted by Crippen LogP contribution is 2.27. The van der Waals surface area contributed by atoms with Crippen LogP contribution in [0.5, 0.6) is 0 Å². The second kappa shape index (κ2) is 6.92. The molecule has 1 aromatic heterocycles. The van der Waals surface area contributed by atoms with E-state index in [0.29, 0.717) is 4.88 Å². The molecule has 0 aliphatic rings. The van der Waals surface area contributed by atoms with Crippen LogP contribution in [0.25, 0.3) is 0 Å². The largest absolute Gasteiger partial charge is 0.289 e. The fourth-order valence-corrected chi connectivity index (χ4v) is 4.09. The average Bonchev–Trinajstić information content (AvgIpc) is 2.81. The van der Waals surface area contributed by atoms with E-state index in [1.165, 1.54) is 32.9 Å². The summed E-state index contributed by atoms with van der Waals surface area (Å²) in [6.45, 7) is 4.18. The van der Waals surface area contributed by atoms with E-state index in [1.54, 1.807) is 0 Å². The summed E-state index contributed by atoms with van der Waals surface area (Å²) in [6.07, 6.45) is 0. The number of carbonyl (C=O) groups excluding carboxylic acids is 1. The van der Waals surface area contributed by atoms with Gasteiger partial charge in [-0.3, -0.25) is 10.2 Å². The predicted octanol–water partition coefficient (Wildman–Crippen LogP) is 3.40. The molecular weight excluding hydrogens is 288 g/mol. The van der Waals surface area contributed by atoms with E-state index in [4.69, 9.17) is 5.84 Å². The molecule has 1 aromatic carbocycles. The Morgan fingerprint density at radius 2 is 1.95 bits per heavy atom.